The molecule has 0 spiro atoms. The lowest BCUT2D eigenvalue weighted by molar-refractivity contribution is 0.0729. The fourth-order valence-corrected chi connectivity index (χ4v) is 2.43. The molecule has 0 saturated heterocycles. The van der Waals surface area contributed by atoms with Gasteiger partial charge in [-0.2, -0.15) is 5.10 Å². The molecule has 28 heavy (non-hydrogen) atoms. The van der Waals surface area contributed by atoms with Crippen LogP contribution in [0.2, 0.25) is 0 Å². The Morgan fingerprint density at radius 3 is 2.46 bits per heavy atom. The van der Waals surface area contributed by atoms with E-state index in [0.29, 0.717) is 11.1 Å². The molecule has 0 saturated carbocycles. The molecule has 1 N–H and O–H groups in total. The molecule has 1 amide bonds. The number of rotatable bonds is 5. The predicted molar refractivity (Wildman–Crippen MR) is 104 cm³/mol. The van der Waals surface area contributed by atoms with Crippen molar-refractivity contribution in [1.82, 2.24) is 5.43 Å². The van der Waals surface area contributed by atoms with Gasteiger partial charge in [-0.3, -0.25) is 4.79 Å². The second kappa shape index (κ2) is 8.73. The molecule has 0 fully saturated rings. The minimum Gasteiger partial charge on any atom is -0.423 e. The largest absolute Gasteiger partial charge is 0.423 e. The number of ether oxygens (including phenoxy) is 1. The first-order valence-electron chi connectivity index (χ1n) is 8.50. The first kappa shape index (κ1) is 19.0. The number of hydrogen-bond donors (Lipinski definition) is 1. The zero-order valence-electron chi connectivity index (χ0n) is 15.1. The van der Waals surface area contributed by atoms with Crippen LogP contribution in [0, 0.1) is 12.7 Å². The fourth-order valence-electron chi connectivity index (χ4n) is 2.43. The smallest absolute Gasteiger partial charge is 0.346 e. The average molecular weight is 376 g/mol. The van der Waals surface area contributed by atoms with Crippen molar-refractivity contribution in [3.63, 3.8) is 0 Å². The van der Waals surface area contributed by atoms with E-state index in [0.717, 1.165) is 5.56 Å². The highest BCUT2D eigenvalue weighted by Crippen LogP contribution is 2.15. The van der Waals surface area contributed by atoms with Crippen LogP contribution in [-0.2, 0) is 0 Å². The Kier molecular flexibility index (Phi) is 5.91. The fraction of sp³-hybridized carbons (Fsp3) is 0.0455. The summed E-state index contributed by atoms with van der Waals surface area (Å²) >= 11 is 0. The Labute approximate surface area is 161 Å². The van der Waals surface area contributed by atoms with E-state index in [4.69, 9.17) is 4.74 Å². The van der Waals surface area contributed by atoms with Crippen molar-refractivity contribution in [2.75, 3.05) is 0 Å². The van der Waals surface area contributed by atoms with E-state index in [2.05, 4.69) is 10.5 Å². The van der Waals surface area contributed by atoms with Gasteiger partial charge in [0.1, 0.15) is 11.6 Å². The van der Waals surface area contributed by atoms with Gasteiger partial charge in [-0.25, -0.2) is 14.6 Å². The maximum absolute atomic E-state index is 13.6. The molecule has 0 aromatic heterocycles. The third-order valence-corrected chi connectivity index (χ3v) is 3.84. The molecule has 0 aliphatic heterocycles. The van der Waals surface area contributed by atoms with Crippen molar-refractivity contribution in [3.05, 3.63) is 101 Å². The van der Waals surface area contributed by atoms with Crippen LogP contribution in [0.25, 0.3) is 0 Å². The summed E-state index contributed by atoms with van der Waals surface area (Å²) < 4.78 is 18.8. The van der Waals surface area contributed by atoms with Gasteiger partial charge in [-0.15, -0.1) is 0 Å². The van der Waals surface area contributed by atoms with E-state index < -0.39 is 11.8 Å². The average Bonchev–Trinajstić information content (AvgIpc) is 2.69. The number of nitrogens with zero attached hydrogens (tertiary/aromatic N) is 1. The van der Waals surface area contributed by atoms with E-state index in [1.165, 1.54) is 24.4 Å². The molecule has 0 radical (unpaired) electrons. The molecule has 0 bridgehead atoms. The number of halogens is 1. The Hall–Kier alpha value is -3.80. The van der Waals surface area contributed by atoms with Gasteiger partial charge in [0.2, 0.25) is 0 Å². The van der Waals surface area contributed by atoms with Crippen molar-refractivity contribution in [2.24, 2.45) is 5.10 Å². The molecule has 3 aromatic carbocycles. The minimum atomic E-state index is -0.773. The number of esters is 1. The molecule has 0 heterocycles. The molecule has 0 aliphatic rings. The summed E-state index contributed by atoms with van der Waals surface area (Å²) in [6, 6.07) is 19.2. The van der Waals surface area contributed by atoms with Crippen molar-refractivity contribution in [1.29, 1.82) is 0 Å². The van der Waals surface area contributed by atoms with Gasteiger partial charge in [-0.1, -0.05) is 29.8 Å². The summed E-state index contributed by atoms with van der Waals surface area (Å²) in [4.78, 5) is 24.0. The highest BCUT2D eigenvalue weighted by atomic mass is 19.1. The van der Waals surface area contributed by atoms with Crippen molar-refractivity contribution < 1.29 is 18.7 Å². The molecular formula is C22H17FN2O3. The number of carbonyl (C=O) groups is 2. The number of nitrogens with one attached hydrogen (secondary N) is 1. The molecular weight excluding hydrogens is 359 g/mol. The number of benzene rings is 3. The van der Waals surface area contributed by atoms with Crippen LogP contribution in [0.1, 0.15) is 31.8 Å². The summed E-state index contributed by atoms with van der Waals surface area (Å²) in [5, 5.41) is 3.92. The summed E-state index contributed by atoms with van der Waals surface area (Å²) in [7, 11) is 0. The minimum absolute atomic E-state index is 0.132. The van der Waals surface area contributed by atoms with Gasteiger partial charge in [0.15, 0.2) is 0 Å². The van der Waals surface area contributed by atoms with Crippen LogP contribution in [0.15, 0.2) is 77.9 Å². The van der Waals surface area contributed by atoms with Gasteiger partial charge in [0.05, 0.1) is 11.8 Å². The molecule has 5 nitrogen and oxygen atoms in total. The van der Waals surface area contributed by atoms with Crippen LogP contribution in [0.4, 0.5) is 4.39 Å². The van der Waals surface area contributed by atoms with E-state index >= 15 is 0 Å². The Morgan fingerprint density at radius 2 is 1.75 bits per heavy atom. The normalized spacial score (nSPS) is 10.6. The monoisotopic (exact) mass is 376 g/mol. The highest BCUT2D eigenvalue weighted by Gasteiger charge is 2.13. The molecule has 3 rings (SSSR count). The van der Waals surface area contributed by atoms with Gasteiger partial charge >= 0.3 is 5.97 Å². The highest BCUT2D eigenvalue weighted by molar-refractivity contribution is 5.95. The SMILES string of the molecule is Cc1cccc(C(=O)NN=Cc2ccc(OC(=O)c3ccccc3F)cc2)c1. The first-order valence-corrected chi connectivity index (χ1v) is 8.50. The van der Waals surface area contributed by atoms with Gasteiger partial charge in [-0.05, 0) is 61.0 Å². The third kappa shape index (κ3) is 4.88. The second-order valence-corrected chi connectivity index (χ2v) is 6.01. The van der Waals surface area contributed by atoms with E-state index in [1.54, 1.807) is 48.5 Å². The molecule has 0 atom stereocenters. The Balaban J connectivity index is 1.58. The predicted octanol–water partition coefficient (Wildman–Crippen LogP) is 4.12. The zero-order valence-corrected chi connectivity index (χ0v) is 15.1. The van der Waals surface area contributed by atoms with Crippen LogP contribution in [0.3, 0.4) is 0 Å². The van der Waals surface area contributed by atoms with Gasteiger partial charge in [0.25, 0.3) is 5.91 Å². The quantitative estimate of drug-likeness (QED) is 0.315. The number of carbonyl (C=O) groups excluding carboxylic acids is 2. The van der Waals surface area contributed by atoms with Crippen LogP contribution < -0.4 is 10.2 Å². The maximum atomic E-state index is 13.6. The third-order valence-electron chi connectivity index (χ3n) is 3.84. The zero-order chi connectivity index (χ0) is 19.9. The van der Waals surface area contributed by atoms with E-state index in [1.807, 2.05) is 13.0 Å². The van der Waals surface area contributed by atoms with E-state index in [9.17, 15) is 14.0 Å². The maximum Gasteiger partial charge on any atom is 0.346 e. The lowest BCUT2D eigenvalue weighted by Gasteiger charge is -2.05. The second-order valence-electron chi connectivity index (χ2n) is 6.01. The van der Waals surface area contributed by atoms with E-state index in [-0.39, 0.29) is 17.2 Å². The van der Waals surface area contributed by atoms with Gasteiger partial charge < -0.3 is 4.74 Å². The standard InChI is InChI=1S/C22H17FN2O3/c1-15-5-4-6-17(13-15)21(26)25-24-14-16-9-11-18(12-10-16)28-22(27)19-7-2-3-8-20(19)23/h2-14H,1H3,(H,25,26). The number of amides is 1. The topological polar surface area (TPSA) is 67.8 Å². The van der Waals surface area contributed by atoms with Crippen molar-refractivity contribution >= 4 is 18.1 Å². The molecule has 0 unspecified atom stereocenters. The molecule has 140 valence electrons. The molecule has 3 aromatic rings. The summed E-state index contributed by atoms with van der Waals surface area (Å²) in [5.74, 6) is -1.45. The summed E-state index contributed by atoms with van der Waals surface area (Å²) in [6.45, 7) is 1.90. The van der Waals surface area contributed by atoms with Gasteiger partial charge in [0, 0.05) is 5.56 Å². The summed E-state index contributed by atoms with van der Waals surface area (Å²) in [6.07, 6.45) is 1.47. The van der Waals surface area contributed by atoms with Crippen LogP contribution in [0.5, 0.6) is 5.75 Å². The number of hydrogen-bond acceptors (Lipinski definition) is 4. The molecule has 0 aliphatic carbocycles. The number of hydrazone groups is 1. The summed E-state index contributed by atoms with van der Waals surface area (Å²) in [5.41, 5.74) is 4.51. The first-order chi connectivity index (χ1) is 13.5. The Morgan fingerprint density at radius 1 is 1.00 bits per heavy atom. The molecule has 6 heteroatoms. The Bertz CT molecular complexity index is 1030. The number of aryl methyl sites for hydroxylation is 1. The van der Waals surface area contributed by atoms with Crippen LogP contribution in [-0.4, -0.2) is 18.1 Å². The lowest BCUT2D eigenvalue weighted by Crippen LogP contribution is -2.17. The van der Waals surface area contributed by atoms with Crippen molar-refractivity contribution in [3.8, 4) is 5.75 Å². The van der Waals surface area contributed by atoms with Crippen LogP contribution >= 0.6 is 0 Å². The lowest BCUT2D eigenvalue weighted by atomic mass is 10.1. The van der Waals surface area contributed by atoms with Crippen molar-refractivity contribution in [2.45, 2.75) is 6.92 Å².